The first-order valence-corrected chi connectivity index (χ1v) is 9.19. The van der Waals surface area contributed by atoms with Crippen molar-refractivity contribution in [2.45, 2.75) is 11.4 Å². The molecule has 1 amide bonds. The van der Waals surface area contributed by atoms with Crippen LogP contribution in [0.5, 0.6) is 0 Å². The van der Waals surface area contributed by atoms with Crippen LogP contribution in [0.15, 0.2) is 53.4 Å². The molecule has 0 saturated heterocycles. The number of thiophene rings is 1. The van der Waals surface area contributed by atoms with Gasteiger partial charge in [-0.3, -0.25) is 4.79 Å². The van der Waals surface area contributed by atoms with Gasteiger partial charge in [0.1, 0.15) is 5.82 Å². The number of halogens is 1. The number of hydrogen-bond acceptors (Lipinski definition) is 3. The fourth-order valence-corrected chi connectivity index (χ4v) is 3.87. The second kappa shape index (κ2) is 6.72. The summed E-state index contributed by atoms with van der Waals surface area (Å²) in [6.07, 6.45) is 2.03. The van der Waals surface area contributed by atoms with E-state index in [9.17, 15) is 9.18 Å². The van der Waals surface area contributed by atoms with E-state index < -0.39 is 0 Å². The fraction of sp³-hybridized carbons (Fsp3) is 0.167. The summed E-state index contributed by atoms with van der Waals surface area (Å²) in [5, 5.41) is 0.513. The third-order valence-corrected chi connectivity index (χ3v) is 5.48. The first-order chi connectivity index (χ1) is 11.1. The van der Waals surface area contributed by atoms with E-state index >= 15 is 0 Å². The maximum Gasteiger partial charge on any atom is 0.264 e. The normalized spacial score (nSPS) is 10.9. The average Bonchev–Trinajstić information content (AvgIpc) is 3.00. The molecule has 0 unspecified atom stereocenters. The summed E-state index contributed by atoms with van der Waals surface area (Å²) in [6.45, 7) is 0.532. The number of benzene rings is 2. The van der Waals surface area contributed by atoms with E-state index in [0.717, 1.165) is 10.3 Å². The van der Waals surface area contributed by atoms with Gasteiger partial charge in [-0.1, -0.05) is 18.2 Å². The second-order valence-corrected chi connectivity index (χ2v) is 7.24. The highest BCUT2D eigenvalue weighted by Gasteiger charge is 2.16. The minimum atomic E-state index is -0.284. The number of fused-ring (bicyclic) bond motifs is 1. The summed E-state index contributed by atoms with van der Waals surface area (Å²) in [5.74, 6) is -0.368. The van der Waals surface area contributed by atoms with Crippen LogP contribution in [-0.4, -0.2) is 24.1 Å². The first kappa shape index (κ1) is 16.0. The lowest BCUT2D eigenvalue weighted by Crippen LogP contribution is -2.25. The Labute approximate surface area is 142 Å². The van der Waals surface area contributed by atoms with Crippen LogP contribution in [-0.2, 0) is 6.54 Å². The number of carbonyl (C=O) groups excluding carboxylic acids is 1. The SMILES string of the molecule is CSc1ccc(CN(C)C(=O)c2cc3c(F)cccc3s2)cc1. The minimum Gasteiger partial charge on any atom is -0.337 e. The van der Waals surface area contributed by atoms with E-state index in [2.05, 4.69) is 0 Å². The van der Waals surface area contributed by atoms with Gasteiger partial charge in [-0.2, -0.15) is 0 Å². The van der Waals surface area contributed by atoms with Crippen molar-refractivity contribution < 1.29 is 9.18 Å². The third-order valence-electron chi connectivity index (χ3n) is 3.64. The lowest BCUT2D eigenvalue weighted by atomic mass is 10.2. The smallest absolute Gasteiger partial charge is 0.264 e. The number of amides is 1. The molecule has 5 heteroatoms. The van der Waals surface area contributed by atoms with Gasteiger partial charge in [-0.25, -0.2) is 4.39 Å². The molecule has 0 saturated carbocycles. The maximum atomic E-state index is 13.8. The van der Waals surface area contributed by atoms with E-state index in [1.807, 2.05) is 36.6 Å². The Bertz CT molecular complexity index is 842. The molecule has 3 rings (SSSR count). The molecule has 0 aliphatic carbocycles. The molecule has 0 N–H and O–H groups in total. The molecule has 0 bridgehead atoms. The number of nitrogens with zero attached hydrogens (tertiary/aromatic N) is 1. The zero-order valence-electron chi connectivity index (χ0n) is 12.9. The van der Waals surface area contributed by atoms with E-state index in [4.69, 9.17) is 0 Å². The number of rotatable bonds is 4. The fourth-order valence-electron chi connectivity index (χ4n) is 2.40. The lowest BCUT2D eigenvalue weighted by Gasteiger charge is -2.16. The standard InChI is InChI=1S/C18H16FNOS2/c1-20(11-12-6-8-13(22-2)9-7-12)18(21)17-10-14-15(19)4-3-5-16(14)23-17/h3-10H,11H2,1-2H3. The maximum absolute atomic E-state index is 13.8. The van der Waals surface area contributed by atoms with Gasteiger partial charge in [-0.05, 0) is 42.2 Å². The van der Waals surface area contributed by atoms with Gasteiger partial charge in [0.2, 0.25) is 0 Å². The Balaban J connectivity index is 1.78. The van der Waals surface area contributed by atoms with Gasteiger partial charge in [0.05, 0.1) is 4.88 Å². The summed E-state index contributed by atoms with van der Waals surface area (Å²) >= 11 is 3.02. The van der Waals surface area contributed by atoms with Gasteiger partial charge in [0.25, 0.3) is 5.91 Å². The molecule has 0 radical (unpaired) electrons. The summed E-state index contributed by atoms with van der Waals surface area (Å²) < 4.78 is 14.6. The molecule has 0 fully saturated rings. The van der Waals surface area contributed by atoms with Crippen molar-refractivity contribution in [2.75, 3.05) is 13.3 Å². The van der Waals surface area contributed by atoms with Crippen LogP contribution < -0.4 is 0 Å². The zero-order chi connectivity index (χ0) is 16.4. The topological polar surface area (TPSA) is 20.3 Å². The van der Waals surface area contributed by atoms with E-state index in [-0.39, 0.29) is 11.7 Å². The van der Waals surface area contributed by atoms with Crippen LogP contribution >= 0.6 is 23.1 Å². The highest BCUT2D eigenvalue weighted by atomic mass is 32.2. The van der Waals surface area contributed by atoms with Crippen LogP contribution in [0.1, 0.15) is 15.2 Å². The van der Waals surface area contributed by atoms with Crippen molar-refractivity contribution in [3.05, 3.63) is 64.8 Å². The van der Waals surface area contributed by atoms with Crippen molar-refractivity contribution in [1.82, 2.24) is 4.90 Å². The predicted molar refractivity (Wildman–Crippen MR) is 95.8 cm³/mol. The van der Waals surface area contributed by atoms with Gasteiger partial charge in [0, 0.05) is 28.6 Å². The third kappa shape index (κ3) is 3.41. The van der Waals surface area contributed by atoms with Gasteiger partial charge in [-0.15, -0.1) is 23.1 Å². The quantitative estimate of drug-likeness (QED) is 0.618. The Morgan fingerprint density at radius 2 is 1.96 bits per heavy atom. The Kier molecular flexibility index (Phi) is 4.68. The Morgan fingerprint density at radius 3 is 2.61 bits per heavy atom. The van der Waals surface area contributed by atoms with Crippen LogP contribution in [0.2, 0.25) is 0 Å². The molecular weight excluding hydrogens is 329 g/mol. The van der Waals surface area contributed by atoms with Crippen molar-refractivity contribution in [2.24, 2.45) is 0 Å². The van der Waals surface area contributed by atoms with E-state index in [1.54, 1.807) is 35.8 Å². The largest absolute Gasteiger partial charge is 0.337 e. The first-order valence-electron chi connectivity index (χ1n) is 7.15. The van der Waals surface area contributed by atoms with Crippen molar-refractivity contribution in [1.29, 1.82) is 0 Å². The number of hydrogen-bond donors (Lipinski definition) is 0. The molecular formula is C18H16FNOS2. The molecule has 23 heavy (non-hydrogen) atoms. The molecule has 3 aromatic rings. The summed E-state index contributed by atoms with van der Waals surface area (Å²) in [5.41, 5.74) is 1.07. The molecule has 1 aromatic heterocycles. The van der Waals surface area contributed by atoms with E-state index in [0.29, 0.717) is 16.8 Å². The van der Waals surface area contributed by atoms with Crippen LogP contribution in [0.3, 0.4) is 0 Å². The molecule has 0 atom stereocenters. The highest BCUT2D eigenvalue weighted by Crippen LogP contribution is 2.28. The number of carbonyl (C=O) groups is 1. The van der Waals surface area contributed by atoms with Crippen LogP contribution in [0.25, 0.3) is 10.1 Å². The summed E-state index contributed by atoms with van der Waals surface area (Å²) in [4.78, 5) is 16.0. The molecule has 2 nitrogen and oxygen atoms in total. The van der Waals surface area contributed by atoms with Gasteiger partial charge >= 0.3 is 0 Å². The highest BCUT2D eigenvalue weighted by molar-refractivity contribution is 7.98. The van der Waals surface area contributed by atoms with Gasteiger partial charge in [0.15, 0.2) is 0 Å². The lowest BCUT2D eigenvalue weighted by molar-refractivity contribution is 0.0790. The monoisotopic (exact) mass is 345 g/mol. The van der Waals surface area contributed by atoms with Gasteiger partial charge < -0.3 is 4.90 Å². The summed E-state index contributed by atoms with van der Waals surface area (Å²) in [7, 11) is 1.77. The zero-order valence-corrected chi connectivity index (χ0v) is 14.5. The minimum absolute atomic E-state index is 0.0838. The number of thioether (sulfide) groups is 1. The molecule has 2 aromatic carbocycles. The Hall–Kier alpha value is -1.85. The average molecular weight is 345 g/mol. The molecule has 0 aliphatic heterocycles. The predicted octanol–water partition coefficient (Wildman–Crippen LogP) is 5.03. The van der Waals surface area contributed by atoms with Crippen molar-refractivity contribution in [3.8, 4) is 0 Å². The van der Waals surface area contributed by atoms with Crippen molar-refractivity contribution in [3.63, 3.8) is 0 Å². The summed E-state index contributed by atoms with van der Waals surface area (Å²) in [6, 6.07) is 14.7. The van der Waals surface area contributed by atoms with E-state index in [1.165, 1.54) is 22.3 Å². The second-order valence-electron chi connectivity index (χ2n) is 5.27. The van der Waals surface area contributed by atoms with Crippen LogP contribution in [0.4, 0.5) is 4.39 Å². The van der Waals surface area contributed by atoms with Crippen LogP contribution in [0, 0.1) is 5.82 Å². The molecule has 1 heterocycles. The molecule has 118 valence electrons. The van der Waals surface area contributed by atoms with Crippen molar-refractivity contribution >= 4 is 39.1 Å². The molecule has 0 aliphatic rings. The molecule has 0 spiro atoms. The Morgan fingerprint density at radius 1 is 1.22 bits per heavy atom.